The van der Waals surface area contributed by atoms with E-state index < -0.39 is 11.7 Å². The number of rotatable bonds is 0. The molecule has 1 aromatic rings. The van der Waals surface area contributed by atoms with E-state index in [1.165, 1.54) is 12.1 Å². The molecule has 0 spiro atoms. The summed E-state index contributed by atoms with van der Waals surface area (Å²) < 4.78 is 36.7. The first kappa shape index (κ1) is 11.0. The molecule has 0 aromatic heterocycles. The second-order valence-electron chi connectivity index (χ2n) is 2.54. The smallest absolute Gasteiger partial charge is 0.166 e. The van der Waals surface area contributed by atoms with Crippen LogP contribution in [0.1, 0.15) is 11.1 Å². The Morgan fingerprint density at radius 1 is 1.29 bits per heavy atom. The molecule has 0 saturated heterocycles. The third kappa shape index (κ3) is 3.00. The molecule has 0 aliphatic heterocycles. The summed E-state index contributed by atoms with van der Waals surface area (Å²) in [6, 6.07) is 4.92. The van der Waals surface area contributed by atoms with Crippen molar-refractivity contribution < 1.29 is 13.2 Å². The second-order valence-corrected chi connectivity index (χ2v) is 2.85. The fourth-order valence-electron chi connectivity index (χ4n) is 0.915. The van der Waals surface area contributed by atoms with Gasteiger partial charge in [0.2, 0.25) is 0 Å². The summed E-state index contributed by atoms with van der Waals surface area (Å²) in [6.07, 6.45) is -4.31. The van der Waals surface area contributed by atoms with E-state index in [1.54, 1.807) is 0 Å². The maximum Gasteiger partial charge on any atom is 0.416 e. The first-order valence-electron chi connectivity index (χ1n) is 3.81. The average Bonchev–Trinajstić information content (AvgIpc) is 2.14. The summed E-state index contributed by atoms with van der Waals surface area (Å²) in [6.45, 7) is 0. The molecule has 0 aliphatic rings. The van der Waals surface area contributed by atoms with E-state index in [0.29, 0.717) is 11.3 Å². The molecule has 0 fully saturated rings. The molecular formula is C10H7F3S. The fraction of sp³-hybridized carbons (Fsp3) is 0.200. The lowest BCUT2D eigenvalue weighted by molar-refractivity contribution is -0.137. The number of hydrogen-bond acceptors (Lipinski definition) is 1. The van der Waals surface area contributed by atoms with Crippen LogP contribution in [0.3, 0.4) is 0 Å². The van der Waals surface area contributed by atoms with Crippen LogP contribution in [0.5, 0.6) is 0 Å². The number of alkyl halides is 3. The molecule has 0 nitrogen and oxygen atoms in total. The molecule has 0 radical (unpaired) electrons. The van der Waals surface area contributed by atoms with E-state index in [4.69, 9.17) is 0 Å². The summed E-state index contributed by atoms with van der Waals surface area (Å²) in [5.41, 5.74) is -0.322. The topological polar surface area (TPSA) is 0 Å². The molecule has 14 heavy (non-hydrogen) atoms. The highest BCUT2D eigenvalue weighted by Gasteiger charge is 2.30. The number of halogens is 3. The van der Waals surface area contributed by atoms with Gasteiger partial charge in [-0.3, -0.25) is 0 Å². The van der Waals surface area contributed by atoms with Crippen molar-refractivity contribution in [2.75, 3.05) is 5.75 Å². The van der Waals surface area contributed by atoms with Gasteiger partial charge in [0.25, 0.3) is 0 Å². The fourth-order valence-corrected chi connectivity index (χ4v) is 0.994. The lowest BCUT2D eigenvalue weighted by Gasteiger charge is -2.05. The first-order chi connectivity index (χ1) is 6.54. The number of thiol groups is 1. The van der Waals surface area contributed by atoms with Gasteiger partial charge in [-0.25, -0.2) is 0 Å². The van der Waals surface area contributed by atoms with Crippen molar-refractivity contribution in [1.82, 2.24) is 0 Å². The van der Waals surface area contributed by atoms with E-state index in [2.05, 4.69) is 24.5 Å². The maximum atomic E-state index is 12.2. The highest BCUT2D eigenvalue weighted by atomic mass is 32.1. The number of benzene rings is 1. The molecule has 1 aromatic carbocycles. The van der Waals surface area contributed by atoms with Gasteiger partial charge in [0.15, 0.2) is 0 Å². The van der Waals surface area contributed by atoms with Crippen LogP contribution in [0, 0.1) is 11.8 Å². The Hall–Kier alpha value is -1.08. The first-order valence-corrected chi connectivity index (χ1v) is 4.44. The van der Waals surface area contributed by atoms with Crippen LogP contribution in [0.15, 0.2) is 24.3 Å². The zero-order valence-electron chi connectivity index (χ0n) is 7.10. The third-order valence-corrected chi connectivity index (χ3v) is 1.66. The van der Waals surface area contributed by atoms with Crippen LogP contribution in [0.2, 0.25) is 0 Å². The number of hydrogen-bond donors (Lipinski definition) is 1. The Kier molecular flexibility index (Phi) is 3.48. The zero-order chi connectivity index (χ0) is 10.6. The predicted molar refractivity (Wildman–Crippen MR) is 52.2 cm³/mol. The molecule has 0 aliphatic carbocycles. The Bertz CT molecular complexity index is 371. The van der Waals surface area contributed by atoms with Gasteiger partial charge >= 0.3 is 6.18 Å². The largest absolute Gasteiger partial charge is 0.416 e. The van der Waals surface area contributed by atoms with Crippen molar-refractivity contribution in [3.05, 3.63) is 35.4 Å². The lowest BCUT2D eigenvalue weighted by atomic mass is 10.1. The van der Waals surface area contributed by atoms with Gasteiger partial charge in [-0.1, -0.05) is 17.9 Å². The van der Waals surface area contributed by atoms with Crippen molar-refractivity contribution in [2.24, 2.45) is 0 Å². The van der Waals surface area contributed by atoms with Gasteiger partial charge in [0, 0.05) is 5.56 Å². The Morgan fingerprint density at radius 2 is 2.00 bits per heavy atom. The minimum Gasteiger partial charge on any atom is -0.166 e. The van der Waals surface area contributed by atoms with Crippen molar-refractivity contribution in [3.63, 3.8) is 0 Å². The summed E-state index contributed by atoms with van der Waals surface area (Å²) in [7, 11) is 0. The molecular weight excluding hydrogens is 209 g/mol. The Labute approximate surface area is 85.5 Å². The van der Waals surface area contributed by atoms with Gasteiger partial charge < -0.3 is 0 Å². The van der Waals surface area contributed by atoms with Crippen molar-refractivity contribution in [1.29, 1.82) is 0 Å². The lowest BCUT2D eigenvalue weighted by Crippen LogP contribution is -2.04. The minimum absolute atomic E-state index is 0.330. The van der Waals surface area contributed by atoms with Crippen LogP contribution in [0.4, 0.5) is 13.2 Å². The standard InChI is InChI=1S/C10H7F3S/c11-10(12,13)9-5-1-3-8(7-9)4-2-6-14/h1,3,5,7,14H,6H2. The molecule has 0 bridgehead atoms. The van der Waals surface area contributed by atoms with Crippen molar-refractivity contribution in [2.45, 2.75) is 6.18 Å². The van der Waals surface area contributed by atoms with E-state index in [-0.39, 0.29) is 0 Å². The van der Waals surface area contributed by atoms with Gasteiger partial charge in [0.1, 0.15) is 0 Å². The van der Waals surface area contributed by atoms with E-state index >= 15 is 0 Å². The highest BCUT2D eigenvalue weighted by Crippen LogP contribution is 2.29. The summed E-state index contributed by atoms with van der Waals surface area (Å²) in [5, 5.41) is 0. The van der Waals surface area contributed by atoms with Crippen molar-refractivity contribution >= 4 is 12.6 Å². The van der Waals surface area contributed by atoms with Gasteiger partial charge in [-0.05, 0) is 18.2 Å². The van der Waals surface area contributed by atoms with Crippen LogP contribution >= 0.6 is 12.6 Å². The molecule has 1 rings (SSSR count). The zero-order valence-corrected chi connectivity index (χ0v) is 7.99. The molecule has 0 atom stereocenters. The molecule has 0 N–H and O–H groups in total. The van der Waals surface area contributed by atoms with Gasteiger partial charge in [-0.2, -0.15) is 25.8 Å². The third-order valence-electron chi connectivity index (χ3n) is 1.50. The maximum absolute atomic E-state index is 12.2. The molecule has 74 valence electrons. The molecule has 0 heterocycles. The molecule has 0 unspecified atom stereocenters. The second kappa shape index (κ2) is 4.43. The monoisotopic (exact) mass is 216 g/mol. The Balaban J connectivity index is 3.02. The minimum atomic E-state index is -4.31. The van der Waals surface area contributed by atoms with Crippen LogP contribution in [-0.2, 0) is 6.18 Å². The van der Waals surface area contributed by atoms with Gasteiger partial charge in [-0.15, -0.1) is 0 Å². The van der Waals surface area contributed by atoms with E-state index in [1.807, 2.05) is 0 Å². The summed E-state index contributed by atoms with van der Waals surface area (Å²) in [5.74, 6) is 5.50. The van der Waals surface area contributed by atoms with Crippen molar-refractivity contribution in [3.8, 4) is 11.8 Å². The normalized spacial score (nSPS) is 10.6. The van der Waals surface area contributed by atoms with Crippen LogP contribution in [-0.4, -0.2) is 5.75 Å². The van der Waals surface area contributed by atoms with E-state index in [0.717, 1.165) is 12.1 Å². The van der Waals surface area contributed by atoms with Gasteiger partial charge in [0.05, 0.1) is 11.3 Å². The summed E-state index contributed by atoms with van der Waals surface area (Å²) >= 11 is 3.84. The van der Waals surface area contributed by atoms with Crippen LogP contribution in [0.25, 0.3) is 0 Å². The predicted octanol–water partition coefficient (Wildman–Crippen LogP) is 2.99. The SMILES string of the molecule is FC(F)(F)c1cccc(C#CCS)c1. The highest BCUT2D eigenvalue weighted by molar-refractivity contribution is 7.80. The quantitative estimate of drug-likeness (QED) is 0.500. The molecule has 0 amide bonds. The average molecular weight is 216 g/mol. The molecule has 4 heteroatoms. The summed E-state index contributed by atoms with van der Waals surface area (Å²) in [4.78, 5) is 0. The Morgan fingerprint density at radius 3 is 2.57 bits per heavy atom. The van der Waals surface area contributed by atoms with E-state index in [9.17, 15) is 13.2 Å². The van der Waals surface area contributed by atoms with Crippen LogP contribution < -0.4 is 0 Å². The molecule has 0 saturated carbocycles.